The first-order valence-corrected chi connectivity index (χ1v) is 18.9. The molecule has 3 N–H and O–H groups in total. The summed E-state index contributed by atoms with van der Waals surface area (Å²) in [5.41, 5.74) is -1.07. The van der Waals surface area contributed by atoms with Crippen molar-refractivity contribution in [1.82, 2.24) is 20.9 Å². The Hall–Kier alpha value is -3.91. The number of nitrogens with one attached hydrogen (secondary N) is 3. The number of amides is 4. The SMILES string of the molecule is CCC[C@H](NC(=O)[C@@H]1C[C@]2(CC(c3cc(Cl)c(OC)cc3OC)=NO2)CN1C(=O)[C@@H](NC(=O)CC1(C)CCOCC1)C(C)(C)C)C(=O)C(=O)NC1CC1. The average molecular weight is 760 g/mol. The predicted molar refractivity (Wildman–Crippen MR) is 197 cm³/mol. The van der Waals surface area contributed by atoms with Crippen molar-refractivity contribution in [3.8, 4) is 11.5 Å². The smallest absolute Gasteiger partial charge is 0.289 e. The zero-order valence-corrected chi connectivity index (χ0v) is 32.7. The molecule has 3 aliphatic heterocycles. The number of nitrogens with zero attached hydrogens (tertiary/aromatic N) is 2. The van der Waals surface area contributed by atoms with Crippen molar-refractivity contribution in [3.63, 3.8) is 0 Å². The molecule has 53 heavy (non-hydrogen) atoms. The number of Topliss-reactive ketones (excluding diaryl/α,β-unsaturated/α-hetero) is 1. The highest BCUT2D eigenvalue weighted by Gasteiger charge is 2.56. The molecule has 5 rings (SSSR count). The van der Waals surface area contributed by atoms with Crippen LogP contribution in [0.15, 0.2) is 17.3 Å². The maximum Gasteiger partial charge on any atom is 0.289 e. The molecule has 1 aromatic rings. The number of hydrogen-bond donors (Lipinski definition) is 3. The number of methoxy groups -OCH3 is 2. The fourth-order valence-electron chi connectivity index (χ4n) is 7.28. The average Bonchev–Trinajstić information content (AvgIpc) is 3.70. The van der Waals surface area contributed by atoms with E-state index in [0.717, 1.165) is 25.7 Å². The van der Waals surface area contributed by atoms with E-state index in [9.17, 15) is 24.0 Å². The van der Waals surface area contributed by atoms with Crippen LogP contribution < -0.4 is 25.4 Å². The van der Waals surface area contributed by atoms with Gasteiger partial charge in [-0.1, -0.05) is 57.8 Å². The summed E-state index contributed by atoms with van der Waals surface area (Å²) in [6.07, 6.45) is 4.30. The zero-order chi connectivity index (χ0) is 38.7. The second-order valence-corrected chi connectivity index (χ2v) is 16.7. The summed E-state index contributed by atoms with van der Waals surface area (Å²) in [6.45, 7) is 10.6. The summed E-state index contributed by atoms with van der Waals surface area (Å²) in [4.78, 5) is 76.2. The highest BCUT2D eigenvalue weighted by molar-refractivity contribution is 6.38. The molecule has 15 heteroatoms. The van der Waals surface area contributed by atoms with Gasteiger partial charge >= 0.3 is 0 Å². The summed E-state index contributed by atoms with van der Waals surface area (Å²) in [6, 6.07) is 0.0996. The third-order valence-electron chi connectivity index (χ3n) is 10.7. The van der Waals surface area contributed by atoms with Crippen LogP contribution in [-0.4, -0.2) is 104 Å². The van der Waals surface area contributed by atoms with Gasteiger partial charge in [0.2, 0.25) is 23.5 Å². The van der Waals surface area contributed by atoms with Crippen LogP contribution in [0.1, 0.15) is 98.0 Å². The lowest BCUT2D eigenvalue weighted by Crippen LogP contribution is -2.59. The van der Waals surface area contributed by atoms with Crippen LogP contribution in [0, 0.1) is 10.8 Å². The zero-order valence-electron chi connectivity index (χ0n) is 31.9. The Bertz CT molecular complexity index is 1620. The second kappa shape index (κ2) is 16.2. The molecule has 1 aliphatic carbocycles. The van der Waals surface area contributed by atoms with E-state index in [0.29, 0.717) is 47.4 Å². The number of benzene rings is 1. The number of halogens is 1. The van der Waals surface area contributed by atoms with Gasteiger partial charge in [-0.2, -0.15) is 0 Å². The van der Waals surface area contributed by atoms with Gasteiger partial charge in [0.1, 0.15) is 23.6 Å². The molecule has 1 aromatic carbocycles. The molecule has 0 unspecified atom stereocenters. The number of rotatable bonds is 14. The van der Waals surface area contributed by atoms with Crippen LogP contribution in [0.4, 0.5) is 0 Å². The monoisotopic (exact) mass is 759 g/mol. The normalized spacial score (nSPS) is 23.4. The van der Waals surface area contributed by atoms with Crippen LogP contribution in [0.3, 0.4) is 0 Å². The Kier molecular flexibility index (Phi) is 12.3. The lowest BCUT2D eigenvalue weighted by molar-refractivity contribution is -0.145. The highest BCUT2D eigenvalue weighted by atomic mass is 35.5. The summed E-state index contributed by atoms with van der Waals surface area (Å²) in [7, 11) is 3.01. The Morgan fingerprint density at radius 1 is 1.06 bits per heavy atom. The third kappa shape index (κ3) is 9.43. The molecule has 4 atom stereocenters. The van der Waals surface area contributed by atoms with E-state index in [1.165, 1.54) is 19.1 Å². The van der Waals surface area contributed by atoms with Crippen molar-refractivity contribution >= 4 is 46.7 Å². The van der Waals surface area contributed by atoms with Crippen molar-refractivity contribution in [2.45, 2.75) is 122 Å². The molecule has 0 bridgehead atoms. The number of carbonyl (C=O) groups excluding carboxylic acids is 5. The van der Waals surface area contributed by atoms with Crippen molar-refractivity contribution in [3.05, 3.63) is 22.7 Å². The first-order chi connectivity index (χ1) is 25.0. The van der Waals surface area contributed by atoms with Crippen LogP contribution >= 0.6 is 11.6 Å². The lowest BCUT2D eigenvalue weighted by Gasteiger charge is -2.37. The highest BCUT2D eigenvalue weighted by Crippen LogP contribution is 2.43. The number of ether oxygens (including phenoxy) is 3. The molecule has 1 saturated carbocycles. The van der Waals surface area contributed by atoms with Crippen LogP contribution in [-0.2, 0) is 33.5 Å². The maximum absolute atomic E-state index is 14.7. The van der Waals surface area contributed by atoms with E-state index >= 15 is 0 Å². The first-order valence-electron chi connectivity index (χ1n) is 18.5. The van der Waals surface area contributed by atoms with Gasteiger partial charge in [0.15, 0.2) is 5.60 Å². The van der Waals surface area contributed by atoms with Crippen molar-refractivity contribution < 1.29 is 43.0 Å². The minimum absolute atomic E-state index is 0.0290. The van der Waals surface area contributed by atoms with E-state index < -0.39 is 52.6 Å². The van der Waals surface area contributed by atoms with Gasteiger partial charge in [-0.15, -0.1) is 0 Å². The van der Waals surface area contributed by atoms with Crippen LogP contribution in [0.25, 0.3) is 0 Å². The summed E-state index contributed by atoms with van der Waals surface area (Å²) >= 11 is 6.48. The van der Waals surface area contributed by atoms with Crippen LogP contribution in [0.2, 0.25) is 5.02 Å². The fraction of sp³-hybridized carbons (Fsp3) is 0.684. The molecule has 14 nitrogen and oxygen atoms in total. The Balaban J connectivity index is 1.43. The lowest BCUT2D eigenvalue weighted by atomic mass is 9.78. The maximum atomic E-state index is 14.7. The molecular weight excluding hydrogens is 706 g/mol. The van der Waals surface area contributed by atoms with Crippen molar-refractivity contribution in [2.24, 2.45) is 16.0 Å². The Morgan fingerprint density at radius 2 is 1.74 bits per heavy atom. The van der Waals surface area contributed by atoms with E-state index in [4.69, 9.17) is 30.6 Å². The molecule has 1 spiro atoms. The minimum Gasteiger partial charge on any atom is -0.496 e. The summed E-state index contributed by atoms with van der Waals surface area (Å²) < 4.78 is 16.5. The molecular formula is C38H54ClN5O9. The van der Waals surface area contributed by atoms with Gasteiger partial charge < -0.3 is 39.9 Å². The standard InChI is InChI=1S/C38H54ClN5O9/c1-8-9-25(31(46)34(48)40-22-10-11-22)41-33(47)27-19-38(18-26(43-53-38)23-16-24(39)29(51-7)17-28(23)50-6)21-44(27)35(49)32(36(2,3)4)42-30(45)20-37(5)12-14-52-15-13-37/h16-17,22,25,27,32H,8-15,18-21H2,1-7H3,(H,40,48)(H,41,47)(H,42,45)/t25-,27-,32+,38+/m0/s1. The van der Waals surface area contributed by atoms with Gasteiger partial charge in [0.05, 0.1) is 37.5 Å². The van der Waals surface area contributed by atoms with Gasteiger partial charge in [-0.05, 0) is 49.0 Å². The minimum atomic E-state index is -1.12. The fourth-order valence-corrected chi connectivity index (χ4v) is 7.52. The second-order valence-electron chi connectivity index (χ2n) is 16.3. The summed E-state index contributed by atoms with van der Waals surface area (Å²) in [5, 5.41) is 13.3. The molecule has 2 saturated heterocycles. The quantitative estimate of drug-likeness (QED) is 0.239. The molecule has 3 heterocycles. The number of likely N-dealkylation sites (tertiary alicyclic amines) is 1. The van der Waals surface area contributed by atoms with Gasteiger partial charge in [0.25, 0.3) is 5.91 Å². The van der Waals surface area contributed by atoms with E-state index in [1.807, 2.05) is 34.6 Å². The summed E-state index contributed by atoms with van der Waals surface area (Å²) in [5.74, 6) is -1.93. The number of hydrogen-bond acceptors (Lipinski definition) is 10. The van der Waals surface area contributed by atoms with Gasteiger partial charge in [-0.25, -0.2) is 0 Å². The number of oxime groups is 1. The molecule has 0 radical (unpaired) electrons. The van der Waals surface area contributed by atoms with E-state index in [2.05, 4.69) is 21.1 Å². The Labute approximate surface area is 316 Å². The largest absolute Gasteiger partial charge is 0.496 e. The van der Waals surface area contributed by atoms with Crippen molar-refractivity contribution in [1.29, 1.82) is 0 Å². The number of carbonyl (C=O) groups is 5. The van der Waals surface area contributed by atoms with Gasteiger partial charge in [-0.3, -0.25) is 24.0 Å². The first kappa shape index (κ1) is 40.3. The Morgan fingerprint density at radius 3 is 2.34 bits per heavy atom. The van der Waals surface area contributed by atoms with E-state index in [1.54, 1.807) is 12.1 Å². The molecule has 4 aliphatic rings. The van der Waals surface area contributed by atoms with Crippen molar-refractivity contribution in [2.75, 3.05) is 34.0 Å². The molecule has 4 amide bonds. The topological polar surface area (TPSA) is 174 Å². The molecule has 0 aromatic heterocycles. The predicted octanol–water partition coefficient (Wildman–Crippen LogP) is 3.69. The van der Waals surface area contributed by atoms with Crippen LogP contribution in [0.5, 0.6) is 11.5 Å². The van der Waals surface area contributed by atoms with E-state index in [-0.39, 0.29) is 49.6 Å². The van der Waals surface area contributed by atoms with Gasteiger partial charge in [0, 0.05) is 50.1 Å². The molecule has 292 valence electrons. The molecule has 3 fully saturated rings. The third-order valence-corrected chi connectivity index (χ3v) is 11.0. The number of ketones is 1.